The highest BCUT2D eigenvalue weighted by atomic mass is 19.4. The number of aryl methyl sites for hydroxylation is 1. The van der Waals surface area contributed by atoms with Crippen molar-refractivity contribution in [2.24, 2.45) is 0 Å². The molecule has 0 bridgehead atoms. The first-order chi connectivity index (χ1) is 16.5. The number of nitrogens with one attached hydrogen (secondary N) is 1. The van der Waals surface area contributed by atoms with Gasteiger partial charge in [0.05, 0.1) is 11.1 Å². The molecule has 0 aliphatic carbocycles. The Kier molecular flexibility index (Phi) is 9.09. The highest BCUT2D eigenvalue weighted by Crippen LogP contribution is 2.40. The molecule has 3 nitrogen and oxygen atoms in total. The van der Waals surface area contributed by atoms with E-state index in [0.29, 0.717) is 30.9 Å². The SMILES string of the molecule is C=C(/C=C(\C=C(/CC)CNC1CCCN(C=O)c2cc(C(F)(F)F)c(C)cc21)C(F)(F)F)C(F)(F)F. The van der Waals surface area contributed by atoms with Gasteiger partial charge in [-0.15, -0.1) is 0 Å². The highest BCUT2D eigenvalue weighted by Gasteiger charge is 2.37. The van der Waals surface area contributed by atoms with Crippen molar-refractivity contribution >= 4 is 12.1 Å². The number of carbonyl (C=O) groups excluding carboxylic acids is 1. The Morgan fingerprint density at radius 2 is 1.72 bits per heavy atom. The van der Waals surface area contributed by atoms with Gasteiger partial charge in [-0.25, -0.2) is 0 Å². The third-order valence-corrected chi connectivity index (χ3v) is 5.79. The Morgan fingerprint density at radius 3 is 2.22 bits per heavy atom. The summed E-state index contributed by atoms with van der Waals surface area (Å²) in [6.07, 6.45) is -13.0. The third-order valence-electron chi connectivity index (χ3n) is 5.79. The number of halogens is 9. The summed E-state index contributed by atoms with van der Waals surface area (Å²) in [6.45, 7) is 5.42. The molecule has 1 atom stereocenters. The van der Waals surface area contributed by atoms with Gasteiger partial charge in [-0.2, -0.15) is 39.5 Å². The van der Waals surface area contributed by atoms with Crippen LogP contribution in [0.2, 0.25) is 0 Å². The molecule has 36 heavy (non-hydrogen) atoms. The summed E-state index contributed by atoms with van der Waals surface area (Å²) >= 11 is 0. The minimum absolute atomic E-state index is 0.0392. The molecule has 1 heterocycles. The molecule has 1 aromatic rings. The summed E-state index contributed by atoms with van der Waals surface area (Å²) < 4.78 is 119. The number of hydrogen-bond acceptors (Lipinski definition) is 2. The van der Waals surface area contributed by atoms with Gasteiger partial charge in [-0.05, 0) is 55.5 Å². The molecule has 0 spiro atoms. The van der Waals surface area contributed by atoms with E-state index >= 15 is 0 Å². The van der Waals surface area contributed by atoms with Crippen LogP contribution in [0.4, 0.5) is 45.2 Å². The van der Waals surface area contributed by atoms with Crippen LogP contribution in [-0.4, -0.2) is 31.9 Å². The lowest BCUT2D eigenvalue weighted by atomic mass is 9.95. The number of amides is 1. The fourth-order valence-electron chi connectivity index (χ4n) is 3.84. The van der Waals surface area contributed by atoms with Crippen molar-refractivity contribution in [3.8, 4) is 0 Å². The summed E-state index contributed by atoms with van der Waals surface area (Å²) in [6, 6.07) is 1.56. The lowest BCUT2D eigenvalue weighted by molar-refractivity contribution is -0.138. The molecule has 12 heteroatoms. The van der Waals surface area contributed by atoms with E-state index in [1.165, 1.54) is 19.9 Å². The molecule has 200 valence electrons. The largest absolute Gasteiger partial charge is 0.416 e. The molecule has 1 N–H and O–H groups in total. The zero-order valence-electron chi connectivity index (χ0n) is 19.5. The number of fused-ring (bicyclic) bond motifs is 1. The number of nitrogens with zero attached hydrogens (tertiary/aromatic N) is 1. The van der Waals surface area contributed by atoms with E-state index in [-0.39, 0.29) is 42.4 Å². The van der Waals surface area contributed by atoms with Crippen LogP contribution in [0.15, 0.2) is 47.6 Å². The van der Waals surface area contributed by atoms with Gasteiger partial charge in [0, 0.05) is 30.4 Å². The first-order valence-electron chi connectivity index (χ1n) is 10.9. The molecule has 0 saturated carbocycles. The summed E-state index contributed by atoms with van der Waals surface area (Å²) in [4.78, 5) is 12.7. The predicted molar refractivity (Wildman–Crippen MR) is 117 cm³/mol. The Bertz CT molecular complexity index is 1030. The number of carbonyl (C=O) groups is 1. The van der Waals surface area contributed by atoms with Gasteiger partial charge in [-0.1, -0.05) is 25.1 Å². The Hall–Kier alpha value is -2.76. The molecule has 0 saturated heterocycles. The maximum atomic E-state index is 13.4. The van der Waals surface area contributed by atoms with E-state index < -0.39 is 41.3 Å². The van der Waals surface area contributed by atoms with E-state index in [2.05, 4.69) is 11.9 Å². The lowest BCUT2D eigenvalue weighted by Crippen LogP contribution is -2.26. The second kappa shape index (κ2) is 11.1. The van der Waals surface area contributed by atoms with Crippen molar-refractivity contribution in [1.29, 1.82) is 0 Å². The van der Waals surface area contributed by atoms with E-state index in [9.17, 15) is 44.3 Å². The monoisotopic (exact) mass is 528 g/mol. The zero-order chi connectivity index (χ0) is 27.5. The van der Waals surface area contributed by atoms with Crippen LogP contribution in [0, 0.1) is 6.92 Å². The number of alkyl halides is 9. The summed E-state index contributed by atoms with van der Waals surface area (Å²) in [5, 5.41) is 3.01. The number of rotatable bonds is 7. The molecule has 1 unspecified atom stereocenters. The van der Waals surface area contributed by atoms with Crippen LogP contribution < -0.4 is 10.2 Å². The van der Waals surface area contributed by atoms with Gasteiger partial charge in [0.25, 0.3) is 0 Å². The van der Waals surface area contributed by atoms with Crippen molar-refractivity contribution in [1.82, 2.24) is 5.32 Å². The molecule has 0 aromatic heterocycles. The van der Waals surface area contributed by atoms with Gasteiger partial charge < -0.3 is 10.2 Å². The normalized spacial score (nSPS) is 18.1. The lowest BCUT2D eigenvalue weighted by Gasteiger charge is -2.25. The van der Waals surface area contributed by atoms with Crippen molar-refractivity contribution in [3.63, 3.8) is 0 Å². The van der Waals surface area contributed by atoms with Gasteiger partial charge in [-0.3, -0.25) is 4.79 Å². The predicted octanol–water partition coefficient (Wildman–Crippen LogP) is 7.34. The molecule has 1 aromatic carbocycles. The fourth-order valence-corrected chi connectivity index (χ4v) is 3.84. The van der Waals surface area contributed by atoms with Crippen LogP contribution in [0.3, 0.4) is 0 Å². The minimum atomic E-state index is -5.07. The Balaban J connectivity index is 2.42. The van der Waals surface area contributed by atoms with Crippen LogP contribution in [-0.2, 0) is 11.0 Å². The second-order valence-electron chi connectivity index (χ2n) is 8.37. The van der Waals surface area contributed by atoms with Crippen LogP contribution in [0.25, 0.3) is 0 Å². The maximum Gasteiger partial charge on any atom is 0.416 e. The van der Waals surface area contributed by atoms with Crippen molar-refractivity contribution < 1.29 is 44.3 Å². The van der Waals surface area contributed by atoms with E-state index in [1.807, 2.05) is 0 Å². The average molecular weight is 528 g/mol. The molecule has 2 rings (SSSR count). The number of allylic oxidation sites excluding steroid dienone is 4. The van der Waals surface area contributed by atoms with E-state index in [0.717, 1.165) is 11.0 Å². The van der Waals surface area contributed by atoms with Crippen LogP contribution in [0.1, 0.15) is 48.9 Å². The topological polar surface area (TPSA) is 32.3 Å². The van der Waals surface area contributed by atoms with Gasteiger partial charge in [0.2, 0.25) is 6.41 Å². The van der Waals surface area contributed by atoms with Crippen molar-refractivity contribution in [2.75, 3.05) is 18.0 Å². The minimum Gasteiger partial charge on any atom is -0.315 e. The molecular weight excluding hydrogens is 503 g/mol. The van der Waals surface area contributed by atoms with Crippen molar-refractivity contribution in [3.05, 3.63) is 64.3 Å². The molecule has 1 aliphatic heterocycles. The van der Waals surface area contributed by atoms with Gasteiger partial charge in [0.1, 0.15) is 0 Å². The Labute approximate surface area is 202 Å². The van der Waals surface area contributed by atoms with Gasteiger partial charge in [0.15, 0.2) is 0 Å². The van der Waals surface area contributed by atoms with E-state index in [4.69, 9.17) is 0 Å². The Morgan fingerprint density at radius 1 is 1.08 bits per heavy atom. The zero-order valence-corrected chi connectivity index (χ0v) is 19.5. The highest BCUT2D eigenvalue weighted by molar-refractivity contribution is 5.78. The molecular formula is C24H25F9N2O. The number of benzene rings is 1. The first kappa shape index (κ1) is 29.5. The number of hydrogen-bond donors (Lipinski definition) is 1. The third kappa shape index (κ3) is 7.37. The average Bonchev–Trinajstić information content (AvgIpc) is 2.91. The van der Waals surface area contributed by atoms with Gasteiger partial charge >= 0.3 is 18.5 Å². The summed E-state index contributed by atoms with van der Waals surface area (Å²) in [5.74, 6) is 0. The maximum absolute atomic E-state index is 13.4. The molecule has 1 aliphatic rings. The number of anilines is 1. The van der Waals surface area contributed by atoms with Crippen LogP contribution in [0.5, 0.6) is 0 Å². The first-order valence-corrected chi connectivity index (χ1v) is 10.9. The smallest absolute Gasteiger partial charge is 0.315 e. The molecule has 0 radical (unpaired) electrons. The quantitative estimate of drug-likeness (QED) is 0.228. The summed E-state index contributed by atoms with van der Waals surface area (Å²) in [7, 11) is 0. The second-order valence-corrected chi connectivity index (χ2v) is 8.37. The van der Waals surface area contributed by atoms with Crippen molar-refractivity contribution in [2.45, 2.75) is 57.7 Å². The fraction of sp³-hybridized carbons (Fsp3) is 0.458. The molecule has 0 fully saturated rings. The van der Waals surface area contributed by atoms with Crippen LogP contribution >= 0.6 is 0 Å². The van der Waals surface area contributed by atoms with E-state index in [1.54, 1.807) is 0 Å². The molecule has 1 amide bonds. The standard InChI is InChI=1S/C24H25F9N2O/c1-4-16(10-17(23(28,29)30)9-15(3)22(25,26)27)12-34-20-6-5-7-35(13-36)21-11-19(24(31,32)33)14(2)8-18(20)21/h8-11,13,20,34H,3-7,12H2,1-2H3/b16-10+,17-9+. The summed E-state index contributed by atoms with van der Waals surface area (Å²) in [5.41, 5.74) is -3.64.